The Labute approximate surface area is 167 Å². The minimum Gasteiger partial charge on any atom is -0.350 e. The molecule has 9 heteroatoms. The molecule has 0 atom stereocenters. The lowest BCUT2D eigenvalue weighted by Crippen LogP contribution is -2.31. The van der Waals surface area contributed by atoms with Gasteiger partial charge in [-0.2, -0.15) is 11.3 Å². The number of carbonyl (C=O) groups is 1. The van der Waals surface area contributed by atoms with Gasteiger partial charge in [0.1, 0.15) is 0 Å². The summed E-state index contributed by atoms with van der Waals surface area (Å²) in [5, 5.41) is 6.68. The minimum atomic E-state index is -3.63. The van der Waals surface area contributed by atoms with Crippen LogP contribution in [-0.2, 0) is 21.4 Å². The summed E-state index contributed by atoms with van der Waals surface area (Å²) < 4.78 is 27.0. The molecular formula is C19H20N4O3S2. The van der Waals surface area contributed by atoms with Gasteiger partial charge in [-0.15, -0.1) is 0 Å². The third-order valence-corrected chi connectivity index (χ3v) is 6.11. The van der Waals surface area contributed by atoms with E-state index in [1.165, 1.54) is 6.07 Å². The van der Waals surface area contributed by atoms with Gasteiger partial charge in [0.05, 0.1) is 22.8 Å². The highest BCUT2D eigenvalue weighted by atomic mass is 32.2. The van der Waals surface area contributed by atoms with Crippen molar-refractivity contribution in [2.45, 2.75) is 24.8 Å². The number of amides is 1. The van der Waals surface area contributed by atoms with Gasteiger partial charge < -0.3 is 5.32 Å². The van der Waals surface area contributed by atoms with E-state index in [-0.39, 0.29) is 30.3 Å². The summed E-state index contributed by atoms with van der Waals surface area (Å²) in [6.07, 6.45) is 3.21. The summed E-state index contributed by atoms with van der Waals surface area (Å²) in [4.78, 5) is 20.9. The molecule has 0 fully saturated rings. The first-order chi connectivity index (χ1) is 13.5. The van der Waals surface area contributed by atoms with Gasteiger partial charge in [-0.05, 0) is 36.1 Å². The molecule has 2 heterocycles. The molecule has 0 unspecified atom stereocenters. The highest BCUT2D eigenvalue weighted by Gasteiger charge is 2.15. The van der Waals surface area contributed by atoms with E-state index >= 15 is 0 Å². The first-order valence-corrected chi connectivity index (χ1v) is 11.0. The quantitative estimate of drug-likeness (QED) is 0.588. The summed E-state index contributed by atoms with van der Waals surface area (Å²) in [7, 11) is -3.63. The number of carbonyl (C=O) groups excluding carboxylic acids is 1. The molecule has 0 aliphatic carbocycles. The number of thiophene rings is 1. The highest BCUT2D eigenvalue weighted by Crippen LogP contribution is 2.22. The smallest absolute Gasteiger partial charge is 0.240 e. The summed E-state index contributed by atoms with van der Waals surface area (Å²) >= 11 is 1.56. The fraction of sp³-hybridized carbons (Fsp3) is 0.211. The van der Waals surface area contributed by atoms with Crippen LogP contribution in [-0.4, -0.2) is 30.8 Å². The molecule has 0 aliphatic heterocycles. The SMILES string of the molecule is Cc1cccc(S(=O)(=O)NCCC(=O)NCc2nccnc2-c2ccsc2)c1. The third-order valence-electron chi connectivity index (χ3n) is 3.97. The van der Waals surface area contributed by atoms with Crippen molar-refractivity contribution in [3.8, 4) is 11.3 Å². The zero-order valence-electron chi connectivity index (χ0n) is 15.3. The van der Waals surface area contributed by atoms with E-state index < -0.39 is 10.0 Å². The van der Waals surface area contributed by atoms with Gasteiger partial charge in [0, 0.05) is 36.3 Å². The van der Waals surface area contributed by atoms with Crippen LogP contribution in [0.5, 0.6) is 0 Å². The largest absolute Gasteiger partial charge is 0.350 e. The van der Waals surface area contributed by atoms with Crippen LogP contribution in [0.2, 0.25) is 0 Å². The third kappa shape index (κ3) is 5.22. The van der Waals surface area contributed by atoms with Crippen LogP contribution in [0, 0.1) is 6.92 Å². The molecule has 0 saturated carbocycles. The van der Waals surface area contributed by atoms with Crippen LogP contribution < -0.4 is 10.0 Å². The molecule has 0 spiro atoms. The lowest BCUT2D eigenvalue weighted by atomic mass is 10.2. The van der Waals surface area contributed by atoms with Crippen LogP contribution >= 0.6 is 11.3 Å². The van der Waals surface area contributed by atoms with Gasteiger partial charge in [0.2, 0.25) is 15.9 Å². The fourth-order valence-corrected chi connectivity index (χ4v) is 4.35. The highest BCUT2D eigenvalue weighted by molar-refractivity contribution is 7.89. The molecular weight excluding hydrogens is 396 g/mol. The summed E-state index contributed by atoms with van der Waals surface area (Å²) in [6.45, 7) is 2.06. The molecule has 2 N–H and O–H groups in total. The van der Waals surface area contributed by atoms with E-state index in [2.05, 4.69) is 20.0 Å². The summed E-state index contributed by atoms with van der Waals surface area (Å²) in [5.74, 6) is -0.270. The number of nitrogens with one attached hydrogen (secondary N) is 2. The number of aryl methyl sites for hydroxylation is 1. The van der Waals surface area contributed by atoms with Gasteiger partial charge in [0.15, 0.2) is 0 Å². The normalized spacial score (nSPS) is 11.3. The van der Waals surface area contributed by atoms with Gasteiger partial charge in [0.25, 0.3) is 0 Å². The average Bonchev–Trinajstić information content (AvgIpc) is 3.21. The number of rotatable bonds is 8. The van der Waals surface area contributed by atoms with Crippen molar-refractivity contribution in [3.05, 3.63) is 64.7 Å². The predicted molar refractivity (Wildman–Crippen MR) is 108 cm³/mol. The fourth-order valence-electron chi connectivity index (χ4n) is 2.57. The monoisotopic (exact) mass is 416 g/mol. The van der Waals surface area contributed by atoms with Crippen LogP contribution in [0.15, 0.2) is 58.4 Å². The Bertz CT molecular complexity index is 1050. The Hall–Kier alpha value is -2.62. The maximum Gasteiger partial charge on any atom is 0.240 e. The number of benzene rings is 1. The Kier molecular flexibility index (Phi) is 6.50. The number of hydrogen-bond acceptors (Lipinski definition) is 6. The summed E-state index contributed by atoms with van der Waals surface area (Å²) in [6, 6.07) is 8.56. The van der Waals surface area contributed by atoms with E-state index in [4.69, 9.17) is 0 Å². The number of nitrogens with zero attached hydrogens (tertiary/aromatic N) is 2. The molecule has 1 amide bonds. The molecule has 1 aromatic carbocycles. The Morgan fingerprint density at radius 3 is 2.75 bits per heavy atom. The van der Waals surface area contributed by atoms with Gasteiger partial charge >= 0.3 is 0 Å². The zero-order chi connectivity index (χ0) is 20.0. The zero-order valence-corrected chi connectivity index (χ0v) is 16.9. The van der Waals surface area contributed by atoms with Crippen LogP contribution in [0.25, 0.3) is 11.3 Å². The number of hydrogen-bond donors (Lipinski definition) is 2. The van der Waals surface area contributed by atoms with E-state index in [0.29, 0.717) is 5.69 Å². The first kappa shape index (κ1) is 20.1. The van der Waals surface area contributed by atoms with Gasteiger partial charge in [-0.25, -0.2) is 13.1 Å². The van der Waals surface area contributed by atoms with E-state index in [0.717, 1.165) is 16.8 Å². The lowest BCUT2D eigenvalue weighted by Gasteiger charge is -2.09. The molecule has 3 rings (SSSR count). The molecule has 0 aliphatic rings. The van der Waals surface area contributed by atoms with Gasteiger partial charge in [-0.3, -0.25) is 14.8 Å². The van der Waals surface area contributed by atoms with Gasteiger partial charge in [-0.1, -0.05) is 12.1 Å². The second-order valence-electron chi connectivity index (χ2n) is 6.10. The lowest BCUT2D eigenvalue weighted by molar-refractivity contribution is -0.121. The molecule has 2 aromatic heterocycles. The topological polar surface area (TPSA) is 101 Å². The Morgan fingerprint density at radius 2 is 2.00 bits per heavy atom. The van der Waals surface area contributed by atoms with E-state index in [9.17, 15) is 13.2 Å². The van der Waals surface area contributed by atoms with Crippen molar-refractivity contribution in [1.29, 1.82) is 0 Å². The van der Waals surface area contributed by atoms with Crippen molar-refractivity contribution in [2.75, 3.05) is 6.54 Å². The van der Waals surface area contributed by atoms with E-state index in [1.54, 1.807) is 35.9 Å². The number of sulfonamides is 1. The average molecular weight is 417 g/mol. The molecule has 3 aromatic rings. The molecule has 0 bridgehead atoms. The van der Waals surface area contributed by atoms with Crippen LogP contribution in [0.3, 0.4) is 0 Å². The second-order valence-corrected chi connectivity index (χ2v) is 8.65. The number of aromatic nitrogens is 2. The van der Waals surface area contributed by atoms with Crippen LogP contribution in [0.1, 0.15) is 17.7 Å². The Balaban J connectivity index is 1.52. The van der Waals surface area contributed by atoms with E-state index in [1.807, 2.05) is 29.8 Å². The van der Waals surface area contributed by atoms with Crippen molar-refractivity contribution in [1.82, 2.24) is 20.0 Å². The first-order valence-electron chi connectivity index (χ1n) is 8.61. The molecule has 28 heavy (non-hydrogen) atoms. The summed E-state index contributed by atoms with van der Waals surface area (Å²) in [5.41, 5.74) is 3.19. The van der Waals surface area contributed by atoms with Crippen molar-refractivity contribution in [3.63, 3.8) is 0 Å². The van der Waals surface area contributed by atoms with Crippen molar-refractivity contribution in [2.24, 2.45) is 0 Å². The predicted octanol–water partition coefficient (Wildman–Crippen LogP) is 2.50. The maximum absolute atomic E-state index is 12.3. The van der Waals surface area contributed by atoms with Crippen molar-refractivity contribution < 1.29 is 13.2 Å². The molecule has 146 valence electrons. The van der Waals surface area contributed by atoms with Crippen molar-refractivity contribution >= 4 is 27.3 Å². The molecule has 0 radical (unpaired) electrons. The Morgan fingerprint density at radius 1 is 1.18 bits per heavy atom. The molecule has 0 saturated heterocycles. The molecule has 7 nitrogen and oxygen atoms in total. The standard InChI is InChI=1S/C19H20N4O3S2/c1-14-3-2-4-16(11-14)28(25,26)23-7-5-18(24)22-12-17-19(21-9-8-20-17)15-6-10-27-13-15/h2-4,6,8-11,13,23H,5,7,12H2,1H3,(H,22,24). The maximum atomic E-state index is 12.3. The van der Waals surface area contributed by atoms with Crippen LogP contribution in [0.4, 0.5) is 0 Å². The second kappa shape index (κ2) is 9.05. The minimum absolute atomic E-state index is 0.0139.